The molecule has 156 valence electrons. The molecule has 1 aliphatic heterocycles. The summed E-state index contributed by atoms with van der Waals surface area (Å²) in [6.45, 7) is 3.01. The van der Waals surface area contributed by atoms with Crippen LogP contribution in [0.5, 0.6) is 0 Å². The molecule has 2 heterocycles. The molecule has 0 bridgehead atoms. The molecule has 0 aromatic carbocycles. The molecule has 1 aromatic rings. The van der Waals surface area contributed by atoms with Gasteiger partial charge in [-0.05, 0) is 6.07 Å². The molecular formula is C17H29IN8O2. The molecule has 1 saturated heterocycles. The van der Waals surface area contributed by atoms with Gasteiger partial charge in [0.05, 0.1) is 6.54 Å². The van der Waals surface area contributed by atoms with Crippen molar-refractivity contribution in [1.82, 2.24) is 30.0 Å². The number of hydrogen-bond acceptors (Lipinski definition) is 6. The van der Waals surface area contributed by atoms with Gasteiger partial charge in [-0.3, -0.25) is 9.59 Å². The summed E-state index contributed by atoms with van der Waals surface area (Å²) in [5.74, 6) is 1.12. The molecule has 0 saturated carbocycles. The molecular weight excluding hydrogens is 475 g/mol. The number of carbonyl (C=O) groups is 2. The zero-order valence-electron chi connectivity index (χ0n) is 16.8. The van der Waals surface area contributed by atoms with Crippen molar-refractivity contribution >= 4 is 47.7 Å². The van der Waals surface area contributed by atoms with E-state index in [1.165, 1.54) is 9.80 Å². The second-order valence-corrected chi connectivity index (χ2v) is 6.59. The number of hydrogen-bond donors (Lipinski definition) is 1. The molecule has 0 unspecified atom stereocenters. The number of likely N-dealkylation sites (N-methyl/N-ethyl adjacent to an activating group) is 2. The van der Waals surface area contributed by atoms with Crippen molar-refractivity contribution in [3.8, 4) is 0 Å². The Bertz CT molecular complexity index is 660. The van der Waals surface area contributed by atoms with Crippen molar-refractivity contribution in [2.45, 2.75) is 0 Å². The number of guanidine groups is 1. The largest absolute Gasteiger partial charge is 0.347 e. The Balaban J connectivity index is 0.00000392. The van der Waals surface area contributed by atoms with Crippen LogP contribution in [0.25, 0.3) is 0 Å². The number of aromatic nitrogens is 2. The van der Waals surface area contributed by atoms with Gasteiger partial charge in [-0.15, -0.1) is 24.0 Å². The molecule has 0 aliphatic carbocycles. The highest BCUT2D eigenvalue weighted by atomic mass is 127. The number of aliphatic imine (C=N–C) groups is 1. The van der Waals surface area contributed by atoms with E-state index in [4.69, 9.17) is 0 Å². The van der Waals surface area contributed by atoms with Crippen LogP contribution in [-0.4, -0.2) is 110 Å². The van der Waals surface area contributed by atoms with E-state index in [0.29, 0.717) is 25.0 Å². The number of nitrogens with one attached hydrogen (secondary N) is 1. The molecule has 0 spiro atoms. The lowest BCUT2D eigenvalue weighted by Gasteiger charge is -2.36. The number of rotatable bonds is 5. The summed E-state index contributed by atoms with van der Waals surface area (Å²) in [6, 6.07) is 1.79. The number of amides is 2. The first-order valence-electron chi connectivity index (χ1n) is 8.84. The molecule has 10 nitrogen and oxygen atoms in total. The lowest BCUT2D eigenvalue weighted by Crippen LogP contribution is -2.54. The van der Waals surface area contributed by atoms with Crippen molar-refractivity contribution in [3.63, 3.8) is 0 Å². The van der Waals surface area contributed by atoms with E-state index in [1.54, 1.807) is 46.7 Å². The van der Waals surface area contributed by atoms with Gasteiger partial charge < -0.3 is 24.9 Å². The predicted molar refractivity (Wildman–Crippen MR) is 119 cm³/mol. The van der Waals surface area contributed by atoms with Crippen molar-refractivity contribution < 1.29 is 9.59 Å². The molecule has 1 aliphatic rings. The molecule has 2 amide bonds. The highest BCUT2D eigenvalue weighted by Crippen LogP contribution is 2.09. The highest BCUT2D eigenvalue weighted by molar-refractivity contribution is 14.0. The van der Waals surface area contributed by atoms with Gasteiger partial charge in [-0.2, -0.15) is 0 Å². The van der Waals surface area contributed by atoms with Gasteiger partial charge in [0, 0.05) is 66.8 Å². The van der Waals surface area contributed by atoms with Crippen LogP contribution in [0.3, 0.4) is 0 Å². The van der Waals surface area contributed by atoms with E-state index in [-0.39, 0.29) is 48.9 Å². The van der Waals surface area contributed by atoms with E-state index >= 15 is 0 Å². The summed E-state index contributed by atoms with van der Waals surface area (Å²) in [6.07, 6.45) is 3.45. The van der Waals surface area contributed by atoms with Gasteiger partial charge in [0.2, 0.25) is 17.8 Å². The highest BCUT2D eigenvalue weighted by Gasteiger charge is 2.22. The molecule has 28 heavy (non-hydrogen) atoms. The quantitative estimate of drug-likeness (QED) is 0.323. The van der Waals surface area contributed by atoms with E-state index in [9.17, 15) is 9.59 Å². The average molecular weight is 504 g/mol. The second-order valence-electron chi connectivity index (χ2n) is 6.59. The molecule has 1 N–H and O–H groups in total. The number of anilines is 1. The van der Waals surface area contributed by atoms with Crippen molar-refractivity contribution in [1.29, 1.82) is 0 Å². The van der Waals surface area contributed by atoms with E-state index in [0.717, 1.165) is 13.1 Å². The molecule has 1 aromatic heterocycles. The fourth-order valence-corrected chi connectivity index (χ4v) is 2.44. The molecule has 2 rings (SSSR count). The maximum absolute atomic E-state index is 11.9. The van der Waals surface area contributed by atoms with E-state index < -0.39 is 0 Å². The minimum Gasteiger partial charge on any atom is -0.347 e. The maximum Gasteiger partial charge on any atom is 0.243 e. The standard InChI is InChI=1S/C17H28N8O2.HI/c1-22(2)14(26)12-20-17(21-13-15(27)23(3)4)25-10-8-24(9-11-25)16-18-6-5-7-19-16;/h5-7H,8-13H2,1-4H3,(H,20,21);1H. The third-order valence-electron chi connectivity index (χ3n) is 4.17. The maximum atomic E-state index is 11.9. The summed E-state index contributed by atoms with van der Waals surface area (Å²) >= 11 is 0. The van der Waals surface area contributed by atoms with Gasteiger partial charge in [0.15, 0.2) is 5.96 Å². The summed E-state index contributed by atoms with van der Waals surface area (Å²) in [4.78, 5) is 43.9. The summed E-state index contributed by atoms with van der Waals surface area (Å²) in [5.41, 5.74) is 0. The van der Waals surface area contributed by atoms with Crippen LogP contribution in [0, 0.1) is 0 Å². The SMILES string of the molecule is CN(C)C(=O)CN=C(NCC(=O)N(C)C)N1CCN(c2ncccn2)CC1.I. The number of nitrogens with zero attached hydrogens (tertiary/aromatic N) is 7. The fourth-order valence-electron chi connectivity index (χ4n) is 2.44. The van der Waals surface area contributed by atoms with Crippen LogP contribution >= 0.6 is 24.0 Å². The first-order chi connectivity index (χ1) is 12.9. The van der Waals surface area contributed by atoms with Gasteiger partial charge in [0.1, 0.15) is 6.54 Å². The van der Waals surface area contributed by atoms with Crippen LogP contribution in [0.2, 0.25) is 0 Å². The first kappa shape index (κ1) is 23.9. The van der Waals surface area contributed by atoms with E-state index in [1.807, 2.05) is 4.90 Å². The average Bonchev–Trinajstić information content (AvgIpc) is 2.68. The monoisotopic (exact) mass is 504 g/mol. The normalized spacial score (nSPS) is 14.2. The minimum atomic E-state index is -0.0930. The van der Waals surface area contributed by atoms with Gasteiger partial charge in [-0.1, -0.05) is 0 Å². The number of piperazine rings is 1. The van der Waals surface area contributed by atoms with Crippen molar-refractivity contribution in [2.24, 2.45) is 4.99 Å². The topological polar surface area (TPSA) is 97.3 Å². The van der Waals surface area contributed by atoms with Crippen molar-refractivity contribution in [2.75, 3.05) is 72.4 Å². The number of carbonyl (C=O) groups excluding carboxylic acids is 2. The number of halogens is 1. The Morgan fingerprint density at radius 2 is 1.61 bits per heavy atom. The van der Waals surface area contributed by atoms with Gasteiger partial charge in [-0.25, -0.2) is 15.0 Å². The minimum absolute atomic E-state index is 0. The predicted octanol–water partition coefficient (Wildman–Crippen LogP) is -0.661. The van der Waals surface area contributed by atoms with Crippen LogP contribution in [0.15, 0.2) is 23.5 Å². The smallest absolute Gasteiger partial charge is 0.243 e. The fraction of sp³-hybridized carbons (Fsp3) is 0.588. The third-order valence-corrected chi connectivity index (χ3v) is 4.17. The Morgan fingerprint density at radius 3 is 2.14 bits per heavy atom. The molecule has 0 atom stereocenters. The third kappa shape index (κ3) is 7.09. The Hall–Kier alpha value is -2.18. The molecule has 1 fully saturated rings. The zero-order valence-corrected chi connectivity index (χ0v) is 19.2. The first-order valence-corrected chi connectivity index (χ1v) is 8.84. The summed E-state index contributed by atoms with van der Waals surface area (Å²) < 4.78 is 0. The van der Waals surface area contributed by atoms with Crippen LogP contribution < -0.4 is 10.2 Å². The summed E-state index contributed by atoms with van der Waals surface area (Å²) in [5, 5.41) is 3.08. The van der Waals surface area contributed by atoms with Crippen LogP contribution in [-0.2, 0) is 9.59 Å². The lowest BCUT2D eigenvalue weighted by atomic mass is 10.3. The molecule has 0 radical (unpaired) electrons. The van der Waals surface area contributed by atoms with Gasteiger partial charge >= 0.3 is 0 Å². The van der Waals surface area contributed by atoms with Crippen LogP contribution in [0.1, 0.15) is 0 Å². The van der Waals surface area contributed by atoms with Crippen molar-refractivity contribution in [3.05, 3.63) is 18.5 Å². The molecule has 11 heteroatoms. The Kier molecular flexibility index (Phi) is 9.90. The Morgan fingerprint density at radius 1 is 1.04 bits per heavy atom. The van der Waals surface area contributed by atoms with Gasteiger partial charge in [0.25, 0.3) is 0 Å². The zero-order chi connectivity index (χ0) is 19.8. The summed E-state index contributed by atoms with van der Waals surface area (Å²) in [7, 11) is 6.79. The lowest BCUT2D eigenvalue weighted by molar-refractivity contribution is -0.127. The van der Waals surface area contributed by atoms with Crippen LogP contribution in [0.4, 0.5) is 5.95 Å². The Labute approximate surface area is 183 Å². The second kappa shape index (κ2) is 11.6. The van der Waals surface area contributed by atoms with E-state index in [2.05, 4.69) is 25.2 Å².